The van der Waals surface area contributed by atoms with Gasteiger partial charge in [0.2, 0.25) is 0 Å². The second-order valence-corrected chi connectivity index (χ2v) is 5.89. The van der Waals surface area contributed by atoms with Crippen LogP contribution in [0.4, 0.5) is 5.69 Å². The van der Waals surface area contributed by atoms with Crippen LogP contribution in [0, 0.1) is 10.1 Å². The molecule has 1 amide bonds. The Morgan fingerprint density at radius 3 is 2.92 bits per heavy atom. The van der Waals surface area contributed by atoms with E-state index in [1.807, 2.05) is 0 Å². The largest absolute Gasteiger partial charge is 0.327 e. The first-order chi connectivity index (χ1) is 11.5. The average molecular weight is 330 g/mol. The number of piperidine rings is 1. The van der Waals surface area contributed by atoms with Crippen molar-refractivity contribution in [3.05, 3.63) is 34.0 Å². The lowest BCUT2D eigenvalue weighted by atomic mass is 9.96. The highest BCUT2D eigenvalue weighted by Crippen LogP contribution is 2.26. The molecule has 3 rings (SSSR count). The van der Waals surface area contributed by atoms with Crippen LogP contribution in [0.3, 0.4) is 0 Å². The number of hydrogen-bond donors (Lipinski definition) is 1. The third-order valence-electron chi connectivity index (χ3n) is 4.44. The second kappa shape index (κ2) is 6.38. The number of aromatic amines is 1. The number of nitrogens with one attached hydrogen (secondary N) is 1. The first-order valence-corrected chi connectivity index (χ1v) is 7.99. The number of carbonyl (C=O) groups is 2. The molecule has 0 unspecified atom stereocenters. The minimum atomic E-state index is -0.509. The highest BCUT2D eigenvalue weighted by atomic mass is 16.6. The molecule has 0 radical (unpaired) electrons. The first-order valence-electron chi connectivity index (χ1n) is 7.99. The molecular formula is C16H18N4O4. The summed E-state index contributed by atoms with van der Waals surface area (Å²) in [4.78, 5) is 37.1. The van der Waals surface area contributed by atoms with E-state index in [4.69, 9.17) is 0 Å². The molecule has 126 valence electrons. The van der Waals surface area contributed by atoms with Gasteiger partial charge in [0, 0.05) is 30.5 Å². The van der Waals surface area contributed by atoms with Crippen LogP contribution < -0.4 is 0 Å². The van der Waals surface area contributed by atoms with Gasteiger partial charge in [0.15, 0.2) is 11.5 Å². The van der Waals surface area contributed by atoms with E-state index in [-0.39, 0.29) is 23.1 Å². The summed E-state index contributed by atoms with van der Waals surface area (Å²) in [6.07, 6.45) is 2.77. The van der Waals surface area contributed by atoms with Crippen molar-refractivity contribution in [1.29, 1.82) is 0 Å². The van der Waals surface area contributed by atoms with E-state index in [0.29, 0.717) is 30.3 Å². The molecule has 1 aliphatic rings. The molecule has 1 aliphatic heterocycles. The van der Waals surface area contributed by atoms with Crippen LogP contribution in [0.2, 0.25) is 0 Å². The van der Waals surface area contributed by atoms with Crippen molar-refractivity contribution in [3.8, 4) is 0 Å². The molecule has 8 nitrogen and oxygen atoms in total. The lowest BCUT2D eigenvalue weighted by Crippen LogP contribution is -2.48. The van der Waals surface area contributed by atoms with Crippen LogP contribution in [0.25, 0.3) is 10.9 Å². The minimum Gasteiger partial charge on any atom is -0.327 e. The number of fused-ring (bicyclic) bond motifs is 1. The fourth-order valence-electron chi connectivity index (χ4n) is 3.16. The van der Waals surface area contributed by atoms with E-state index in [2.05, 4.69) is 10.2 Å². The summed E-state index contributed by atoms with van der Waals surface area (Å²) in [5.41, 5.74) is 0.585. The number of nitrogens with zero attached hydrogens (tertiary/aromatic N) is 3. The van der Waals surface area contributed by atoms with Gasteiger partial charge in [-0.3, -0.25) is 24.8 Å². The van der Waals surface area contributed by atoms with Gasteiger partial charge >= 0.3 is 0 Å². The predicted molar refractivity (Wildman–Crippen MR) is 86.7 cm³/mol. The van der Waals surface area contributed by atoms with Crippen LogP contribution in [-0.4, -0.2) is 44.3 Å². The molecule has 0 aliphatic carbocycles. The molecule has 1 atom stereocenters. The zero-order valence-electron chi connectivity index (χ0n) is 13.3. The van der Waals surface area contributed by atoms with Gasteiger partial charge in [-0.1, -0.05) is 6.92 Å². The topological polar surface area (TPSA) is 109 Å². The summed E-state index contributed by atoms with van der Waals surface area (Å²) in [6, 6.07) is 3.80. The first kappa shape index (κ1) is 16.1. The summed E-state index contributed by atoms with van der Waals surface area (Å²) in [5.74, 6) is -0.317. The minimum absolute atomic E-state index is 0.0360. The van der Waals surface area contributed by atoms with Crippen molar-refractivity contribution in [1.82, 2.24) is 15.1 Å². The third-order valence-corrected chi connectivity index (χ3v) is 4.44. The molecule has 0 bridgehead atoms. The van der Waals surface area contributed by atoms with Gasteiger partial charge in [-0.2, -0.15) is 5.10 Å². The Kier molecular flexibility index (Phi) is 4.28. The number of carbonyl (C=O) groups excluding carboxylic acids is 2. The highest BCUT2D eigenvalue weighted by Gasteiger charge is 2.33. The van der Waals surface area contributed by atoms with E-state index in [0.717, 1.165) is 12.8 Å². The van der Waals surface area contributed by atoms with Crippen LogP contribution in [0.5, 0.6) is 0 Å². The maximum absolute atomic E-state index is 12.9. The second-order valence-electron chi connectivity index (χ2n) is 5.89. The van der Waals surface area contributed by atoms with Gasteiger partial charge in [0.25, 0.3) is 11.6 Å². The van der Waals surface area contributed by atoms with E-state index in [9.17, 15) is 19.7 Å². The zero-order chi connectivity index (χ0) is 17.3. The van der Waals surface area contributed by atoms with Crippen molar-refractivity contribution in [2.45, 2.75) is 38.6 Å². The fraction of sp³-hybridized carbons (Fsp3) is 0.438. The van der Waals surface area contributed by atoms with Crippen LogP contribution in [0.1, 0.15) is 43.1 Å². The Labute approximate surface area is 138 Å². The van der Waals surface area contributed by atoms with Crippen molar-refractivity contribution < 1.29 is 14.5 Å². The number of rotatable bonds is 4. The summed E-state index contributed by atoms with van der Waals surface area (Å²) >= 11 is 0. The van der Waals surface area contributed by atoms with Gasteiger partial charge in [-0.15, -0.1) is 0 Å². The molecule has 8 heteroatoms. The molecule has 1 saturated heterocycles. The number of benzene rings is 1. The third kappa shape index (κ3) is 2.75. The summed E-state index contributed by atoms with van der Waals surface area (Å²) < 4.78 is 0. The number of Topliss-reactive ketones (excluding diaryl/α,β-unsaturated/α-hetero) is 1. The van der Waals surface area contributed by atoms with E-state index in [1.165, 1.54) is 18.2 Å². The van der Waals surface area contributed by atoms with Gasteiger partial charge in [-0.25, -0.2) is 0 Å². The molecule has 1 aromatic carbocycles. The zero-order valence-corrected chi connectivity index (χ0v) is 13.3. The van der Waals surface area contributed by atoms with Crippen molar-refractivity contribution >= 4 is 28.3 Å². The molecule has 24 heavy (non-hydrogen) atoms. The van der Waals surface area contributed by atoms with Gasteiger partial charge in [0.1, 0.15) is 0 Å². The molecule has 2 heterocycles. The number of amides is 1. The van der Waals surface area contributed by atoms with Crippen molar-refractivity contribution in [2.75, 3.05) is 6.54 Å². The maximum atomic E-state index is 12.9. The normalized spacial score (nSPS) is 17.9. The number of likely N-dealkylation sites (tertiary alicyclic amines) is 1. The smallest absolute Gasteiger partial charge is 0.275 e. The average Bonchev–Trinajstić information content (AvgIpc) is 3.03. The number of nitro groups is 1. The summed E-state index contributed by atoms with van der Waals surface area (Å²) in [7, 11) is 0. The molecule has 0 saturated carbocycles. The Morgan fingerprint density at radius 2 is 2.21 bits per heavy atom. The number of nitro benzene ring substituents is 1. The van der Waals surface area contributed by atoms with Crippen molar-refractivity contribution in [2.24, 2.45) is 0 Å². The van der Waals surface area contributed by atoms with E-state index in [1.54, 1.807) is 11.8 Å². The number of aromatic nitrogens is 2. The Morgan fingerprint density at radius 1 is 1.42 bits per heavy atom. The Balaban J connectivity index is 1.99. The van der Waals surface area contributed by atoms with Crippen molar-refractivity contribution in [3.63, 3.8) is 0 Å². The molecule has 1 aromatic heterocycles. The fourth-order valence-corrected chi connectivity index (χ4v) is 3.16. The predicted octanol–water partition coefficient (Wildman–Crippen LogP) is 2.44. The van der Waals surface area contributed by atoms with E-state index < -0.39 is 11.0 Å². The summed E-state index contributed by atoms with van der Waals surface area (Å²) in [6.45, 7) is 2.28. The standard InChI is InChI=1S/C16H18N4O4/c1-2-14(21)13-5-3-4-8-19(13)16(22)15-11-9-10(20(23)24)6-7-12(11)17-18-15/h6-7,9,13H,2-5,8H2,1H3,(H,17,18)/t13-/m0/s1. The van der Waals surface area contributed by atoms with Crippen LogP contribution in [0.15, 0.2) is 18.2 Å². The molecule has 1 N–H and O–H groups in total. The molecule has 2 aromatic rings. The van der Waals surface area contributed by atoms with Gasteiger partial charge in [-0.05, 0) is 25.3 Å². The monoisotopic (exact) mass is 330 g/mol. The molecule has 1 fully saturated rings. The lowest BCUT2D eigenvalue weighted by molar-refractivity contribution is -0.384. The van der Waals surface area contributed by atoms with Gasteiger partial charge < -0.3 is 4.90 Å². The molecular weight excluding hydrogens is 312 g/mol. The van der Waals surface area contributed by atoms with E-state index >= 15 is 0 Å². The number of ketones is 1. The summed E-state index contributed by atoms with van der Waals surface area (Å²) in [5, 5.41) is 18.1. The SMILES string of the molecule is CCC(=O)[C@@H]1CCCCN1C(=O)c1n[nH]c2ccc([N+](=O)[O-])cc12. The number of hydrogen-bond acceptors (Lipinski definition) is 5. The number of H-pyrrole nitrogens is 1. The Bertz CT molecular complexity index is 814. The Hall–Kier alpha value is -2.77. The van der Waals surface area contributed by atoms with Gasteiger partial charge in [0.05, 0.1) is 16.5 Å². The lowest BCUT2D eigenvalue weighted by Gasteiger charge is -2.34. The van der Waals surface area contributed by atoms with Crippen LogP contribution >= 0.6 is 0 Å². The van der Waals surface area contributed by atoms with Crippen LogP contribution in [-0.2, 0) is 4.79 Å². The molecule has 0 spiro atoms. The quantitative estimate of drug-likeness (QED) is 0.684. The number of non-ortho nitro benzene ring substituents is 1. The highest BCUT2D eigenvalue weighted by molar-refractivity contribution is 6.06. The maximum Gasteiger partial charge on any atom is 0.275 e.